The minimum absolute atomic E-state index is 0.0683. The molecule has 0 fully saturated rings. The van der Waals surface area contributed by atoms with Crippen LogP contribution in [0.1, 0.15) is 34.0 Å². The van der Waals surface area contributed by atoms with Gasteiger partial charge in [-0.25, -0.2) is 4.39 Å². The van der Waals surface area contributed by atoms with E-state index >= 15 is 0 Å². The van der Waals surface area contributed by atoms with E-state index in [9.17, 15) is 19.1 Å². The smallest absolute Gasteiger partial charge is 0.323 e. The summed E-state index contributed by atoms with van der Waals surface area (Å²) in [4.78, 5) is 25.7. The third-order valence-electron chi connectivity index (χ3n) is 5.74. The first kappa shape index (κ1) is 24.0. The van der Waals surface area contributed by atoms with Gasteiger partial charge in [-0.15, -0.1) is 0 Å². The predicted molar refractivity (Wildman–Crippen MR) is 128 cm³/mol. The molecule has 3 aromatic carbocycles. The molecule has 1 aliphatic rings. The summed E-state index contributed by atoms with van der Waals surface area (Å²) in [5.41, 5.74) is 1.79. The van der Waals surface area contributed by atoms with E-state index in [2.05, 4.69) is 0 Å². The number of nitrogens with zero attached hydrogens (tertiary/aromatic N) is 1. The van der Waals surface area contributed by atoms with Crippen molar-refractivity contribution in [3.63, 3.8) is 0 Å². The van der Waals surface area contributed by atoms with Crippen molar-refractivity contribution < 1.29 is 23.8 Å². The zero-order chi connectivity index (χ0) is 24.5. The molecule has 0 saturated carbocycles. The lowest BCUT2D eigenvalue weighted by Gasteiger charge is -2.24. The molecule has 1 atom stereocenters. The lowest BCUT2D eigenvalue weighted by Crippen LogP contribution is -2.35. The van der Waals surface area contributed by atoms with E-state index in [1.54, 1.807) is 18.2 Å². The molecule has 3 aromatic rings. The summed E-state index contributed by atoms with van der Waals surface area (Å²) in [5, 5.41) is 10.1. The van der Waals surface area contributed by atoms with Crippen LogP contribution in [0.25, 0.3) is 0 Å². The second kappa shape index (κ2) is 9.65. The number of ether oxygens (including phenoxy) is 1. The van der Waals surface area contributed by atoms with Crippen LogP contribution in [0.3, 0.4) is 0 Å². The second-order valence-corrected chi connectivity index (χ2v) is 9.45. The number of carbonyl (C=O) groups excluding carboxylic acids is 1. The van der Waals surface area contributed by atoms with Gasteiger partial charge >= 0.3 is 5.97 Å². The zero-order valence-electron chi connectivity index (χ0n) is 18.4. The fraction of sp³-hybridized carbons (Fsp3) is 0.231. The van der Waals surface area contributed by atoms with Gasteiger partial charge in [-0.3, -0.25) is 9.59 Å². The van der Waals surface area contributed by atoms with Crippen LogP contribution in [0.2, 0.25) is 10.0 Å². The first-order valence-corrected chi connectivity index (χ1v) is 11.4. The van der Waals surface area contributed by atoms with Crippen molar-refractivity contribution in [1.82, 2.24) is 4.90 Å². The molecular formula is C26H22Cl2FNO4. The molecule has 0 saturated heterocycles. The van der Waals surface area contributed by atoms with Gasteiger partial charge in [-0.05, 0) is 60.5 Å². The van der Waals surface area contributed by atoms with Crippen LogP contribution in [0.5, 0.6) is 5.75 Å². The van der Waals surface area contributed by atoms with E-state index in [0.717, 1.165) is 16.0 Å². The molecule has 5 nitrogen and oxygen atoms in total. The van der Waals surface area contributed by atoms with Crippen LogP contribution in [0.4, 0.5) is 4.39 Å². The summed E-state index contributed by atoms with van der Waals surface area (Å²) in [5.74, 6) is -1.66. The van der Waals surface area contributed by atoms with Crippen molar-refractivity contribution in [3.05, 3.63) is 98.8 Å². The molecule has 34 heavy (non-hydrogen) atoms. The molecule has 176 valence electrons. The van der Waals surface area contributed by atoms with Gasteiger partial charge in [0.15, 0.2) is 0 Å². The molecular weight excluding hydrogens is 480 g/mol. The molecule has 1 N–H and O–H groups in total. The number of hydrogen-bond donors (Lipinski definition) is 1. The first-order valence-electron chi connectivity index (χ1n) is 10.6. The molecule has 4 rings (SSSR count). The lowest BCUT2D eigenvalue weighted by molar-refractivity contribution is -0.137. The minimum Gasteiger partial charge on any atom is -0.487 e. The molecule has 0 aliphatic carbocycles. The first-order chi connectivity index (χ1) is 16.1. The maximum atomic E-state index is 14.3. The maximum absolute atomic E-state index is 14.3. The number of halogens is 3. The summed E-state index contributed by atoms with van der Waals surface area (Å²) >= 11 is 12.1. The molecule has 0 bridgehead atoms. The minimum atomic E-state index is -1.21. The van der Waals surface area contributed by atoms with Crippen LogP contribution in [-0.4, -0.2) is 34.0 Å². The summed E-state index contributed by atoms with van der Waals surface area (Å²) in [7, 11) is 0. The SMILES string of the molecule is CC1(Cc2ccc(Cl)cc2)Cc2cc(C(=O)N(CC(=O)O)Cc3c(F)cccc3Cl)ccc2O1. The van der Waals surface area contributed by atoms with Crippen molar-refractivity contribution in [2.45, 2.75) is 31.9 Å². The van der Waals surface area contributed by atoms with Crippen molar-refractivity contribution in [2.24, 2.45) is 0 Å². The normalized spacial score (nSPS) is 16.6. The Kier molecular flexibility index (Phi) is 6.82. The molecule has 8 heteroatoms. The van der Waals surface area contributed by atoms with Gasteiger partial charge in [0.25, 0.3) is 5.91 Å². The number of rotatable bonds is 7. The molecule has 0 aromatic heterocycles. The average molecular weight is 502 g/mol. The summed E-state index contributed by atoms with van der Waals surface area (Å²) in [6.07, 6.45) is 1.23. The predicted octanol–water partition coefficient (Wildman–Crippen LogP) is 5.80. The van der Waals surface area contributed by atoms with E-state index in [1.807, 2.05) is 31.2 Å². The van der Waals surface area contributed by atoms with Crippen LogP contribution in [0, 0.1) is 5.82 Å². The van der Waals surface area contributed by atoms with Crippen molar-refractivity contribution in [2.75, 3.05) is 6.54 Å². The third-order valence-corrected chi connectivity index (χ3v) is 6.35. The summed E-state index contributed by atoms with van der Waals surface area (Å²) in [6, 6.07) is 16.7. The third kappa shape index (κ3) is 5.34. The van der Waals surface area contributed by atoms with E-state index in [0.29, 0.717) is 29.2 Å². The standard InChI is InChI=1S/C26H22Cl2FNO4/c1-26(12-16-5-8-19(27)9-6-16)13-18-11-17(7-10-23(18)34-26)25(33)30(15-24(31)32)14-20-21(28)3-2-4-22(20)29/h2-11H,12-15H2,1H3,(H,31,32). The number of carbonyl (C=O) groups is 2. The number of carboxylic acids is 1. The molecule has 1 heterocycles. The lowest BCUT2D eigenvalue weighted by atomic mass is 9.91. The Labute approximate surface area is 206 Å². The van der Waals surface area contributed by atoms with Crippen molar-refractivity contribution in [1.29, 1.82) is 0 Å². The quantitative estimate of drug-likeness (QED) is 0.444. The van der Waals surface area contributed by atoms with E-state index in [4.69, 9.17) is 27.9 Å². The Balaban J connectivity index is 1.55. The fourth-order valence-corrected chi connectivity index (χ4v) is 4.56. The van der Waals surface area contributed by atoms with E-state index < -0.39 is 29.8 Å². The highest BCUT2D eigenvalue weighted by atomic mass is 35.5. The Hall–Kier alpha value is -3.09. The molecule has 0 spiro atoms. The van der Waals surface area contributed by atoms with Gasteiger partial charge in [-0.1, -0.05) is 41.4 Å². The van der Waals surface area contributed by atoms with Crippen molar-refractivity contribution >= 4 is 35.1 Å². The highest BCUT2D eigenvalue weighted by Gasteiger charge is 2.35. The van der Waals surface area contributed by atoms with Gasteiger partial charge in [0.1, 0.15) is 23.7 Å². The Bertz CT molecular complexity index is 1230. The Morgan fingerprint density at radius 2 is 1.85 bits per heavy atom. The van der Waals surface area contributed by atoms with Crippen molar-refractivity contribution in [3.8, 4) is 5.75 Å². The number of hydrogen-bond acceptors (Lipinski definition) is 3. The number of benzene rings is 3. The van der Waals surface area contributed by atoms with Gasteiger partial charge in [0, 0.05) is 34.0 Å². The Morgan fingerprint density at radius 1 is 1.12 bits per heavy atom. The number of carboxylic acid groups (broad SMARTS) is 1. The van der Waals surface area contributed by atoms with Gasteiger partial charge < -0.3 is 14.7 Å². The molecule has 1 amide bonds. The summed E-state index contributed by atoms with van der Waals surface area (Å²) < 4.78 is 20.5. The van der Waals surface area contributed by atoms with E-state index in [1.165, 1.54) is 18.2 Å². The average Bonchev–Trinajstić information content (AvgIpc) is 3.11. The number of fused-ring (bicyclic) bond motifs is 1. The topological polar surface area (TPSA) is 66.8 Å². The highest BCUT2D eigenvalue weighted by molar-refractivity contribution is 6.31. The molecule has 0 radical (unpaired) electrons. The molecule has 1 unspecified atom stereocenters. The van der Waals surface area contributed by atoms with Gasteiger partial charge in [-0.2, -0.15) is 0 Å². The fourth-order valence-electron chi connectivity index (χ4n) is 4.21. The van der Waals surface area contributed by atoms with Crippen LogP contribution >= 0.6 is 23.2 Å². The maximum Gasteiger partial charge on any atom is 0.323 e. The van der Waals surface area contributed by atoms with Crippen LogP contribution in [-0.2, 0) is 24.2 Å². The Morgan fingerprint density at radius 3 is 2.53 bits per heavy atom. The number of amides is 1. The zero-order valence-corrected chi connectivity index (χ0v) is 19.9. The summed E-state index contributed by atoms with van der Waals surface area (Å²) in [6.45, 7) is 1.14. The number of aliphatic carboxylic acids is 1. The highest BCUT2D eigenvalue weighted by Crippen LogP contribution is 2.38. The largest absolute Gasteiger partial charge is 0.487 e. The van der Waals surface area contributed by atoms with E-state index in [-0.39, 0.29) is 17.1 Å². The van der Waals surface area contributed by atoms with Crippen LogP contribution < -0.4 is 4.74 Å². The molecule has 1 aliphatic heterocycles. The second-order valence-electron chi connectivity index (χ2n) is 8.61. The van der Waals surface area contributed by atoms with Crippen LogP contribution in [0.15, 0.2) is 60.7 Å². The van der Waals surface area contributed by atoms with Gasteiger partial charge in [0.05, 0.1) is 6.54 Å². The monoisotopic (exact) mass is 501 g/mol. The van der Waals surface area contributed by atoms with Gasteiger partial charge in [0.2, 0.25) is 0 Å².